The topological polar surface area (TPSA) is 179 Å². The number of hydrogen-bond donors (Lipinski definition) is 1. The van der Waals surface area contributed by atoms with E-state index in [1.807, 2.05) is 0 Å². The van der Waals surface area contributed by atoms with Gasteiger partial charge in [-0.2, -0.15) is 0 Å². The summed E-state index contributed by atoms with van der Waals surface area (Å²) in [5.74, 6) is -4.23. The highest BCUT2D eigenvalue weighted by molar-refractivity contribution is 5.92. The van der Waals surface area contributed by atoms with Gasteiger partial charge in [0.1, 0.15) is 6.10 Å². The Morgan fingerprint density at radius 1 is 0.377 bits per heavy atom. The minimum atomic E-state index is -1.84. The molecule has 0 unspecified atom stereocenters. The van der Waals surface area contributed by atoms with E-state index >= 15 is 0 Å². The molecule has 2 fully saturated rings. The van der Waals surface area contributed by atoms with Crippen molar-refractivity contribution in [1.82, 2.24) is 0 Å². The second-order valence-corrected chi connectivity index (χ2v) is 14.2. The van der Waals surface area contributed by atoms with Crippen LogP contribution in [0, 0.1) is 0 Å². The predicted octanol–water partition coefficient (Wildman–Crippen LogP) is 5.98. The van der Waals surface area contributed by atoms with Crippen LogP contribution in [0.5, 0.6) is 0 Å². The lowest BCUT2D eigenvalue weighted by Crippen LogP contribution is -2.66. The summed E-state index contributed by atoms with van der Waals surface area (Å²) in [4.78, 5) is 68.6. The predicted molar refractivity (Wildman–Crippen MR) is 214 cm³/mol. The summed E-state index contributed by atoms with van der Waals surface area (Å²) in [5.41, 5.74) is 0.701. The van der Waals surface area contributed by atoms with Crippen molar-refractivity contribution in [2.75, 3.05) is 0 Å². The molecule has 314 valence electrons. The fourth-order valence-corrected chi connectivity index (χ4v) is 6.92. The number of carbonyl (C=O) groups is 5. The van der Waals surface area contributed by atoms with Crippen LogP contribution >= 0.6 is 0 Å². The molecule has 2 aliphatic heterocycles. The van der Waals surface area contributed by atoms with E-state index in [1.165, 1.54) is 74.5 Å². The summed E-state index contributed by atoms with van der Waals surface area (Å²) in [6.07, 6.45) is -15.2. The minimum Gasteiger partial charge on any atom is -0.453 e. The maximum absolute atomic E-state index is 13.9. The molecular formula is C47H42O14. The van der Waals surface area contributed by atoms with E-state index in [0.29, 0.717) is 0 Å². The van der Waals surface area contributed by atoms with Gasteiger partial charge in [-0.15, -0.1) is 0 Å². The molecule has 1 N–H and O–H groups in total. The molecular weight excluding hydrogens is 789 g/mol. The summed E-state index contributed by atoms with van der Waals surface area (Å²) in [6.45, 7) is 3.04. The Kier molecular flexibility index (Phi) is 13.6. The molecule has 0 bridgehead atoms. The van der Waals surface area contributed by atoms with Gasteiger partial charge in [0.25, 0.3) is 0 Å². The average Bonchev–Trinajstić information content (AvgIpc) is 3.29. The average molecular weight is 831 g/mol. The highest BCUT2D eigenvalue weighted by atomic mass is 16.8. The van der Waals surface area contributed by atoms with E-state index in [4.69, 9.17) is 37.9 Å². The molecule has 14 nitrogen and oxygen atoms in total. The fourth-order valence-electron chi connectivity index (χ4n) is 6.92. The minimum absolute atomic E-state index is 0.102. The van der Waals surface area contributed by atoms with E-state index in [-0.39, 0.29) is 27.8 Å². The number of carbonyl (C=O) groups excluding carboxylic acids is 5. The zero-order chi connectivity index (χ0) is 42.9. The van der Waals surface area contributed by atoms with Crippen molar-refractivity contribution in [2.45, 2.75) is 75.3 Å². The van der Waals surface area contributed by atoms with Crippen LogP contribution in [0.4, 0.5) is 0 Å². The fraction of sp³-hybridized carbons (Fsp3) is 0.255. The molecule has 0 spiro atoms. The molecule has 2 saturated heterocycles. The lowest BCUT2D eigenvalue weighted by Gasteiger charge is -2.47. The van der Waals surface area contributed by atoms with Gasteiger partial charge >= 0.3 is 29.8 Å². The normalized spacial score (nSPS) is 25.9. The SMILES string of the molecule is C[C@@H]1O[C@@H](O)[C@H](OC(=O)c2ccccc2)[C@H](O[C@@H]2O[C@@H](C)[C@H](OC(=O)c3ccccc3)[C@@H](OC(=O)c3ccccc3)[C@H]2OC(=O)c2ccccc2)[C@H]1OC(=O)c1ccccc1. The molecule has 5 aromatic rings. The molecule has 0 aromatic heterocycles. The van der Waals surface area contributed by atoms with Crippen molar-refractivity contribution < 1.29 is 67.0 Å². The van der Waals surface area contributed by atoms with Crippen molar-refractivity contribution in [3.63, 3.8) is 0 Å². The largest absolute Gasteiger partial charge is 0.453 e. The quantitative estimate of drug-likeness (QED) is 0.115. The van der Waals surface area contributed by atoms with Gasteiger partial charge in [-0.1, -0.05) is 91.0 Å². The number of aliphatic hydroxyl groups excluding tert-OH is 1. The van der Waals surface area contributed by atoms with Gasteiger partial charge in [0, 0.05) is 0 Å². The molecule has 7 rings (SSSR count). The van der Waals surface area contributed by atoms with Gasteiger partial charge < -0.3 is 43.0 Å². The Bertz CT molecular complexity index is 2190. The summed E-state index contributed by atoms with van der Waals surface area (Å²) in [5, 5.41) is 11.4. The van der Waals surface area contributed by atoms with Crippen LogP contribution < -0.4 is 0 Å². The van der Waals surface area contributed by atoms with Crippen molar-refractivity contribution in [1.29, 1.82) is 0 Å². The lowest BCUT2D eigenvalue weighted by molar-refractivity contribution is -0.346. The van der Waals surface area contributed by atoms with E-state index in [1.54, 1.807) is 91.0 Å². The molecule has 10 atom stereocenters. The molecule has 14 heteroatoms. The maximum atomic E-state index is 13.9. The second kappa shape index (κ2) is 19.6. The number of aliphatic hydroxyl groups is 1. The van der Waals surface area contributed by atoms with Crippen LogP contribution in [0.2, 0.25) is 0 Å². The van der Waals surface area contributed by atoms with E-state index in [9.17, 15) is 29.1 Å². The van der Waals surface area contributed by atoms with Crippen molar-refractivity contribution in [3.05, 3.63) is 179 Å². The molecule has 2 heterocycles. The van der Waals surface area contributed by atoms with E-state index < -0.39 is 91.3 Å². The summed E-state index contributed by atoms with van der Waals surface area (Å²) >= 11 is 0. The molecule has 0 aliphatic carbocycles. The number of benzene rings is 5. The van der Waals surface area contributed by atoms with Gasteiger partial charge in [0.05, 0.1) is 40.0 Å². The zero-order valence-electron chi connectivity index (χ0n) is 33.0. The van der Waals surface area contributed by atoms with Crippen LogP contribution in [0.1, 0.15) is 65.6 Å². The summed E-state index contributed by atoms with van der Waals surface area (Å²) in [6, 6.07) is 40.0. The van der Waals surface area contributed by atoms with Gasteiger partial charge in [-0.05, 0) is 74.5 Å². The number of rotatable bonds is 12. The Hall–Kier alpha value is -6.71. The highest BCUT2D eigenvalue weighted by Gasteiger charge is 2.56. The smallest absolute Gasteiger partial charge is 0.338 e. The first kappa shape index (κ1) is 42.4. The van der Waals surface area contributed by atoms with Crippen LogP contribution in [0.15, 0.2) is 152 Å². The Morgan fingerprint density at radius 2 is 0.656 bits per heavy atom. The van der Waals surface area contributed by atoms with Crippen molar-refractivity contribution in [2.24, 2.45) is 0 Å². The van der Waals surface area contributed by atoms with Gasteiger partial charge in [0.15, 0.2) is 43.1 Å². The molecule has 2 aliphatic rings. The molecule has 5 aromatic carbocycles. The monoisotopic (exact) mass is 830 g/mol. The standard InChI is InChI=1S/C47H42O14/c1-28-35(56-41(48)30-18-8-3-9-19-30)37(39(46(53)54-28)59-44(51)33-24-14-6-15-25-33)61-47-40(60-45(52)34-26-16-7-17-27-34)38(58-43(50)32-22-12-5-13-23-32)36(29(2)55-47)57-42(49)31-20-10-4-11-21-31/h3-29,35-40,46-47,53H,1-2H3/t28-,29-,35-,36-,37+,38+,39+,40+,46+,47-/m0/s1. The first-order valence-electron chi connectivity index (χ1n) is 19.5. The Balaban J connectivity index is 1.30. The summed E-state index contributed by atoms with van der Waals surface area (Å²) in [7, 11) is 0. The van der Waals surface area contributed by atoms with Crippen LogP contribution in [0.3, 0.4) is 0 Å². The van der Waals surface area contributed by atoms with Crippen molar-refractivity contribution >= 4 is 29.8 Å². The number of hydrogen-bond acceptors (Lipinski definition) is 14. The van der Waals surface area contributed by atoms with Crippen LogP contribution in [0.25, 0.3) is 0 Å². The first-order chi connectivity index (χ1) is 29.6. The number of esters is 5. The Labute approximate surface area is 350 Å². The molecule has 0 radical (unpaired) electrons. The highest BCUT2D eigenvalue weighted by Crippen LogP contribution is 2.36. The van der Waals surface area contributed by atoms with Gasteiger partial charge in [0.2, 0.25) is 0 Å². The van der Waals surface area contributed by atoms with Crippen LogP contribution in [-0.4, -0.2) is 96.4 Å². The van der Waals surface area contributed by atoms with E-state index in [0.717, 1.165) is 0 Å². The maximum Gasteiger partial charge on any atom is 0.338 e. The third kappa shape index (κ3) is 10.2. The van der Waals surface area contributed by atoms with Crippen LogP contribution in [-0.2, 0) is 37.9 Å². The lowest BCUT2D eigenvalue weighted by atomic mass is 9.96. The van der Waals surface area contributed by atoms with Gasteiger partial charge in [-0.3, -0.25) is 0 Å². The van der Waals surface area contributed by atoms with Crippen molar-refractivity contribution in [3.8, 4) is 0 Å². The van der Waals surface area contributed by atoms with E-state index in [2.05, 4.69) is 0 Å². The zero-order valence-corrected chi connectivity index (χ0v) is 33.0. The van der Waals surface area contributed by atoms with Gasteiger partial charge in [-0.25, -0.2) is 24.0 Å². The molecule has 0 saturated carbocycles. The Morgan fingerprint density at radius 3 is 1.02 bits per heavy atom. The second-order valence-electron chi connectivity index (χ2n) is 14.2. The molecule has 61 heavy (non-hydrogen) atoms. The third-order valence-electron chi connectivity index (χ3n) is 10.0. The molecule has 0 amide bonds. The first-order valence-corrected chi connectivity index (χ1v) is 19.5. The number of ether oxygens (including phenoxy) is 8. The third-order valence-corrected chi connectivity index (χ3v) is 10.0. The summed E-state index contributed by atoms with van der Waals surface area (Å²) < 4.78 is 48.8.